The molecule has 0 aliphatic carbocycles. The van der Waals surface area contributed by atoms with E-state index in [2.05, 4.69) is 16.2 Å². The zero-order valence-electron chi connectivity index (χ0n) is 15.0. The highest BCUT2D eigenvalue weighted by molar-refractivity contribution is 7.80. The minimum atomic E-state index is -0.381. The van der Waals surface area contributed by atoms with Crippen LogP contribution in [0.3, 0.4) is 0 Å². The van der Waals surface area contributed by atoms with Gasteiger partial charge in [-0.15, -0.1) is 0 Å². The van der Waals surface area contributed by atoms with Crippen LogP contribution in [0, 0.1) is 5.82 Å². The molecule has 27 heavy (non-hydrogen) atoms. The SMILES string of the molecule is CC(=O)N1CCN(C(=O)CCC(=O)NNC(=S)Nc2ccc(F)cc2)CC1. The number of rotatable bonds is 4. The molecule has 2 rings (SSSR count). The molecule has 0 atom stereocenters. The predicted octanol–water partition coefficient (Wildman–Crippen LogP) is 0.614. The number of hydrogen-bond donors (Lipinski definition) is 3. The summed E-state index contributed by atoms with van der Waals surface area (Å²) in [5.41, 5.74) is 5.50. The van der Waals surface area contributed by atoms with Gasteiger partial charge in [0.25, 0.3) is 0 Å². The van der Waals surface area contributed by atoms with E-state index in [-0.39, 0.29) is 41.5 Å². The lowest BCUT2D eigenvalue weighted by atomic mass is 10.2. The molecule has 0 spiro atoms. The van der Waals surface area contributed by atoms with Crippen LogP contribution in [0.25, 0.3) is 0 Å². The van der Waals surface area contributed by atoms with Crippen LogP contribution in [0.1, 0.15) is 19.8 Å². The maximum atomic E-state index is 12.8. The van der Waals surface area contributed by atoms with Crippen molar-refractivity contribution >= 4 is 40.7 Å². The molecule has 1 heterocycles. The third kappa shape index (κ3) is 6.81. The molecular weight excluding hydrogens is 373 g/mol. The van der Waals surface area contributed by atoms with Gasteiger partial charge in [-0.2, -0.15) is 0 Å². The summed E-state index contributed by atoms with van der Waals surface area (Å²) in [6.07, 6.45) is 0.0870. The molecule has 1 fully saturated rings. The van der Waals surface area contributed by atoms with E-state index in [0.29, 0.717) is 31.9 Å². The topological polar surface area (TPSA) is 93.8 Å². The van der Waals surface area contributed by atoms with Crippen LogP contribution in [-0.2, 0) is 14.4 Å². The number of carbonyl (C=O) groups is 3. The highest BCUT2D eigenvalue weighted by Gasteiger charge is 2.22. The highest BCUT2D eigenvalue weighted by Crippen LogP contribution is 2.08. The maximum Gasteiger partial charge on any atom is 0.238 e. The van der Waals surface area contributed by atoms with Crippen molar-refractivity contribution in [3.63, 3.8) is 0 Å². The van der Waals surface area contributed by atoms with Crippen molar-refractivity contribution in [2.75, 3.05) is 31.5 Å². The van der Waals surface area contributed by atoms with Crippen LogP contribution in [0.15, 0.2) is 24.3 Å². The molecular formula is C17H22FN5O3S. The van der Waals surface area contributed by atoms with Gasteiger partial charge >= 0.3 is 0 Å². The molecule has 1 aliphatic rings. The molecule has 3 amide bonds. The van der Waals surface area contributed by atoms with E-state index in [1.165, 1.54) is 31.2 Å². The van der Waals surface area contributed by atoms with Crippen LogP contribution in [0.4, 0.5) is 10.1 Å². The average molecular weight is 395 g/mol. The third-order valence-electron chi connectivity index (χ3n) is 4.06. The average Bonchev–Trinajstić information content (AvgIpc) is 2.66. The quantitative estimate of drug-likeness (QED) is 0.511. The molecule has 0 aromatic heterocycles. The van der Waals surface area contributed by atoms with Gasteiger partial charge in [0, 0.05) is 51.6 Å². The molecule has 3 N–H and O–H groups in total. The smallest absolute Gasteiger partial charge is 0.238 e. The number of thiocarbonyl (C=S) groups is 1. The number of benzene rings is 1. The lowest BCUT2D eigenvalue weighted by molar-refractivity contribution is -0.139. The Balaban J connectivity index is 1.64. The van der Waals surface area contributed by atoms with Crippen molar-refractivity contribution in [1.29, 1.82) is 0 Å². The van der Waals surface area contributed by atoms with Crippen LogP contribution in [0.5, 0.6) is 0 Å². The summed E-state index contributed by atoms with van der Waals surface area (Å²) in [7, 11) is 0. The first-order chi connectivity index (χ1) is 12.8. The monoisotopic (exact) mass is 395 g/mol. The molecule has 1 aromatic carbocycles. The van der Waals surface area contributed by atoms with Crippen molar-refractivity contribution in [2.24, 2.45) is 0 Å². The Morgan fingerprint density at radius 1 is 1.00 bits per heavy atom. The fourth-order valence-corrected chi connectivity index (χ4v) is 2.70. The van der Waals surface area contributed by atoms with Gasteiger partial charge in [0.05, 0.1) is 0 Å². The van der Waals surface area contributed by atoms with Gasteiger partial charge < -0.3 is 15.1 Å². The number of nitrogens with one attached hydrogen (secondary N) is 3. The summed E-state index contributed by atoms with van der Waals surface area (Å²) in [5, 5.41) is 2.93. The number of nitrogens with zero attached hydrogens (tertiary/aromatic N) is 2. The number of carbonyl (C=O) groups excluding carboxylic acids is 3. The number of piperazine rings is 1. The van der Waals surface area contributed by atoms with Crippen molar-refractivity contribution < 1.29 is 18.8 Å². The molecule has 1 aliphatic heterocycles. The van der Waals surface area contributed by atoms with Gasteiger partial charge in [0.15, 0.2) is 5.11 Å². The van der Waals surface area contributed by atoms with Crippen molar-refractivity contribution in [2.45, 2.75) is 19.8 Å². The molecule has 0 unspecified atom stereocenters. The van der Waals surface area contributed by atoms with E-state index in [1.807, 2.05) is 0 Å². The minimum absolute atomic E-state index is 0.00207. The molecule has 0 bridgehead atoms. The van der Waals surface area contributed by atoms with E-state index >= 15 is 0 Å². The van der Waals surface area contributed by atoms with Gasteiger partial charge in [0.1, 0.15) is 5.82 Å². The molecule has 8 nitrogen and oxygen atoms in total. The van der Waals surface area contributed by atoms with Crippen LogP contribution in [-0.4, -0.2) is 58.8 Å². The Bertz CT molecular complexity index is 705. The number of anilines is 1. The first-order valence-electron chi connectivity index (χ1n) is 8.50. The van der Waals surface area contributed by atoms with Crippen molar-refractivity contribution in [3.8, 4) is 0 Å². The van der Waals surface area contributed by atoms with E-state index in [9.17, 15) is 18.8 Å². The lowest BCUT2D eigenvalue weighted by Gasteiger charge is -2.34. The fraction of sp³-hybridized carbons (Fsp3) is 0.412. The van der Waals surface area contributed by atoms with Crippen LogP contribution >= 0.6 is 12.2 Å². The summed E-state index contributed by atoms with van der Waals surface area (Å²) in [4.78, 5) is 38.6. The minimum Gasteiger partial charge on any atom is -0.339 e. The van der Waals surface area contributed by atoms with E-state index < -0.39 is 0 Å². The molecule has 0 saturated carbocycles. The van der Waals surface area contributed by atoms with Gasteiger partial charge in [-0.25, -0.2) is 4.39 Å². The highest BCUT2D eigenvalue weighted by atomic mass is 32.1. The summed E-state index contributed by atoms with van der Waals surface area (Å²) in [6, 6.07) is 5.59. The van der Waals surface area contributed by atoms with Crippen LogP contribution in [0.2, 0.25) is 0 Å². The predicted molar refractivity (Wildman–Crippen MR) is 102 cm³/mol. The van der Waals surface area contributed by atoms with Crippen molar-refractivity contribution in [3.05, 3.63) is 30.1 Å². The summed E-state index contributed by atoms with van der Waals surface area (Å²) < 4.78 is 12.8. The number of hydrazine groups is 1. The van der Waals surface area contributed by atoms with E-state index in [4.69, 9.17) is 12.2 Å². The Labute approximate surface area is 162 Å². The molecule has 10 heteroatoms. The summed E-state index contributed by atoms with van der Waals surface area (Å²) >= 11 is 5.02. The van der Waals surface area contributed by atoms with Gasteiger partial charge in [0.2, 0.25) is 17.7 Å². The lowest BCUT2D eigenvalue weighted by Crippen LogP contribution is -2.50. The Hall–Kier alpha value is -2.75. The third-order valence-corrected chi connectivity index (χ3v) is 4.27. The Kier molecular flexibility index (Phi) is 7.47. The fourth-order valence-electron chi connectivity index (χ4n) is 2.53. The Morgan fingerprint density at radius 3 is 2.19 bits per heavy atom. The number of amides is 3. The van der Waals surface area contributed by atoms with Gasteiger partial charge in [-0.05, 0) is 36.5 Å². The second kappa shape index (κ2) is 9.81. The van der Waals surface area contributed by atoms with Crippen LogP contribution < -0.4 is 16.2 Å². The second-order valence-corrected chi connectivity index (χ2v) is 6.43. The first-order valence-corrected chi connectivity index (χ1v) is 8.90. The number of halogens is 1. The summed E-state index contributed by atoms with van der Waals surface area (Å²) in [5.74, 6) is -0.868. The first kappa shape index (κ1) is 20.6. The van der Waals surface area contributed by atoms with Gasteiger partial charge in [-0.1, -0.05) is 0 Å². The molecule has 1 aromatic rings. The largest absolute Gasteiger partial charge is 0.339 e. The Morgan fingerprint density at radius 2 is 1.59 bits per heavy atom. The maximum absolute atomic E-state index is 12.8. The number of hydrogen-bond acceptors (Lipinski definition) is 4. The molecule has 1 saturated heterocycles. The normalized spacial score (nSPS) is 13.7. The molecule has 146 valence electrons. The van der Waals surface area contributed by atoms with E-state index in [0.717, 1.165) is 0 Å². The second-order valence-electron chi connectivity index (χ2n) is 6.02. The molecule has 0 radical (unpaired) electrons. The van der Waals surface area contributed by atoms with Gasteiger partial charge in [-0.3, -0.25) is 25.2 Å². The zero-order chi connectivity index (χ0) is 19.8. The van der Waals surface area contributed by atoms with E-state index in [1.54, 1.807) is 9.80 Å². The zero-order valence-corrected chi connectivity index (χ0v) is 15.8. The standard InChI is InChI=1S/C17H22FN5O3S/c1-12(24)22-8-10-23(11-9-22)16(26)7-6-15(25)20-21-17(27)19-14-4-2-13(18)3-5-14/h2-5H,6-11H2,1H3,(H,20,25)(H2,19,21,27). The van der Waals surface area contributed by atoms with Crippen molar-refractivity contribution in [1.82, 2.24) is 20.7 Å². The summed E-state index contributed by atoms with van der Waals surface area (Å²) in [6.45, 7) is 3.48.